The largest absolute Gasteiger partial charge is 0.360 e. The van der Waals surface area contributed by atoms with Crippen molar-refractivity contribution in [1.82, 2.24) is 4.98 Å². The highest BCUT2D eigenvalue weighted by molar-refractivity contribution is 7.43. The molecule has 0 aliphatic rings. The van der Waals surface area contributed by atoms with Gasteiger partial charge >= 0.3 is 0 Å². The van der Waals surface area contributed by atoms with Crippen LogP contribution in [0, 0.1) is 0 Å². The Kier molecular flexibility index (Phi) is 2.60. The monoisotopic (exact) mass is 191 g/mol. The van der Waals surface area contributed by atoms with Crippen molar-refractivity contribution in [3.05, 3.63) is 11.2 Å². The van der Waals surface area contributed by atoms with E-state index in [2.05, 4.69) is 14.2 Å². The maximum atomic E-state index is 9.52. The first-order valence-electron chi connectivity index (χ1n) is 3.05. The van der Waals surface area contributed by atoms with Gasteiger partial charge in [0.25, 0.3) is 0 Å². The SMILES string of the molecule is COC(C)(O)c1ncc(P)s1. The van der Waals surface area contributed by atoms with E-state index in [1.165, 1.54) is 18.4 Å². The number of nitrogens with zero attached hydrogens (tertiary/aromatic N) is 1. The Morgan fingerprint density at radius 3 is 2.82 bits per heavy atom. The van der Waals surface area contributed by atoms with Crippen molar-refractivity contribution >= 4 is 25.2 Å². The predicted octanol–water partition coefficient (Wildman–Crippen LogP) is 0.455. The summed E-state index contributed by atoms with van der Waals surface area (Å²) >= 11 is 1.40. The number of ether oxygens (including phenoxy) is 1. The molecule has 3 nitrogen and oxygen atoms in total. The van der Waals surface area contributed by atoms with E-state index in [1.54, 1.807) is 13.1 Å². The molecule has 5 heteroatoms. The zero-order valence-corrected chi connectivity index (χ0v) is 8.34. The van der Waals surface area contributed by atoms with E-state index in [-0.39, 0.29) is 0 Å². The highest BCUT2D eigenvalue weighted by atomic mass is 32.1. The summed E-state index contributed by atoms with van der Waals surface area (Å²) in [7, 11) is 3.97. The molecule has 0 spiro atoms. The molecule has 1 N–H and O–H groups in total. The van der Waals surface area contributed by atoms with E-state index in [9.17, 15) is 5.11 Å². The zero-order chi connectivity index (χ0) is 8.48. The lowest BCUT2D eigenvalue weighted by Crippen LogP contribution is -2.22. The molecule has 0 bridgehead atoms. The van der Waals surface area contributed by atoms with Crippen LogP contribution in [0.4, 0.5) is 0 Å². The summed E-state index contributed by atoms with van der Waals surface area (Å²) in [6.45, 7) is 1.57. The normalized spacial score (nSPS) is 16.4. The van der Waals surface area contributed by atoms with E-state index < -0.39 is 5.79 Å². The highest BCUT2D eigenvalue weighted by Crippen LogP contribution is 2.22. The van der Waals surface area contributed by atoms with Crippen molar-refractivity contribution in [3.63, 3.8) is 0 Å². The smallest absolute Gasteiger partial charge is 0.216 e. The van der Waals surface area contributed by atoms with Gasteiger partial charge in [-0.1, -0.05) is 9.24 Å². The molecule has 0 aliphatic heterocycles. The molecular weight excluding hydrogens is 181 g/mol. The van der Waals surface area contributed by atoms with Crippen LogP contribution in [-0.4, -0.2) is 17.2 Å². The van der Waals surface area contributed by atoms with Gasteiger partial charge in [-0.2, -0.15) is 0 Å². The lowest BCUT2D eigenvalue weighted by Gasteiger charge is -2.17. The van der Waals surface area contributed by atoms with Gasteiger partial charge in [0.05, 0.1) is 0 Å². The Labute approximate surface area is 71.6 Å². The Balaban J connectivity index is 2.92. The van der Waals surface area contributed by atoms with Gasteiger partial charge < -0.3 is 9.84 Å². The Hall–Kier alpha value is -0.0200. The standard InChI is InChI=1S/C6H10NO2PS/c1-6(8,9-2)5-7-3-4(10)11-5/h3,8H,10H2,1-2H3. The molecule has 2 atom stereocenters. The minimum absolute atomic E-state index is 0.574. The van der Waals surface area contributed by atoms with Gasteiger partial charge in [-0.15, -0.1) is 11.3 Å². The van der Waals surface area contributed by atoms with Gasteiger partial charge in [-0.25, -0.2) is 4.98 Å². The average molecular weight is 191 g/mol. The fourth-order valence-corrected chi connectivity index (χ4v) is 1.70. The van der Waals surface area contributed by atoms with Crippen LogP contribution >= 0.6 is 20.6 Å². The van der Waals surface area contributed by atoms with Crippen LogP contribution in [-0.2, 0) is 10.5 Å². The van der Waals surface area contributed by atoms with E-state index >= 15 is 0 Å². The van der Waals surface area contributed by atoms with E-state index in [4.69, 9.17) is 4.74 Å². The molecule has 62 valence electrons. The zero-order valence-electron chi connectivity index (χ0n) is 6.37. The van der Waals surface area contributed by atoms with Gasteiger partial charge in [-0.05, 0) is 6.92 Å². The summed E-state index contributed by atoms with van der Waals surface area (Å²) in [5, 5.41) is 10.1. The summed E-state index contributed by atoms with van der Waals surface area (Å²) in [6, 6.07) is 0. The van der Waals surface area contributed by atoms with Crippen LogP contribution in [0.2, 0.25) is 0 Å². The molecule has 0 aromatic carbocycles. The topological polar surface area (TPSA) is 42.4 Å². The Bertz CT molecular complexity index is 248. The molecular formula is C6H10NO2PS. The third-order valence-corrected chi connectivity index (χ3v) is 2.84. The first kappa shape index (κ1) is 9.07. The molecule has 0 saturated heterocycles. The third kappa shape index (κ3) is 1.97. The van der Waals surface area contributed by atoms with Gasteiger partial charge in [0.2, 0.25) is 5.79 Å². The minimum atomic E-state index is -1.25. The summed E-state index contributed by atoms with van der Waals surface area (Å²) in [6.07, 6.45) is 1.68. The number of thiazole rings is 1. The van der Waals surface area contributed by atoms with Crippen LogP contribution in [0.3, 0.4) is 0 Å². The van der Waals surface area contributed by atoms with Gasteiger partial charge in [0.1, 0.15) is 0 Å². The lowest BCUT2D eigenvalue weighted by molar-refractivity contribution is -0.179. The molecule has 0 radical (unpaired) electrons. The van der Waals surface area contributed by atoms with Crippen molar-refractivity contribution in [2.24, 2.45) is 0 Å². The molecule has 1 rings (SSSR count). The molecule has 1 heterocycles. The van der Waals surface area contributed by atoms with Crippen LogP contribution in [0.25, 0.3) is 0 Å². The van der Waals surface area contributed by atoms with Crippen molar-refractivity contribution in [2.75, 3.05) is 7.11 Å². The number of aromatic nitrogens is 1. The second-order valence-corrected chi connectivity index (χ2v) is 4.36. The molecule has 1 aromatic heterocycles. The van der Waals surface area contributed by atoms with Crippen molar-refractivity contribution in [2.45, 2.75) is 12.7 Å². The van der Waals surface area contributed by atoms with Gasteiger partial charge in [0, 0.05) is 17.9 Å². The van der Waals surface area contributed by atoms with E-state index in [0.29, 0.717) is 5.01 Å². The fraction of sp³-hybridized carbons (Fsp3) is 0.500. The third-order valence-electron chi connectivity index (χ3n) is 1.32. The second kappa shape index (κ2) is 3.15. The van der Waals surface area contributed by atoms with Crippen LogP contribution < -0.4 is 4.62 Å². The first-order chi connectivity index (χ1) is 5.06. The fourth-order valence-electron chi connectivity index (χ4n) is 0.588. The second-order valence-electron chi connectivity index (χ2n) is 2.25. The minimum Gasteiger partial charge on any atom is -0.360 e. The van der Waals surface area contributed by atoms with Crippen LogP contribution in [0.1, 0.15) is 11.9 Å². The number of aliphatic hydroxyl groups is 1. The van der Waals surface area contributed by atoms with Gasteiger partial charge in [0.15, 0.2) is 5.01 Å². The first-order valence-corrected chi connectivity index (χ1v) is 4.45. The van der Waals surface area contributed by atoms with E-state index in [1.807, 2.05) is 0 Å². The quantitative estimate of drug-likeness (QED) is 0.545. The number of hydrogen-bond acceptors (Lipinski definition) is 4. The molecule has 0 amide bonds. The highest BCUT2D eigenvalue weighted by Gasteiger charge is 2.25. The van der Waals surface area contributed by atoms with Gasteiger partial charge in [-0.3, -0.25) is 0 Å². The molecule has 0 saturated carbocycles. The van der Waals surface area contributed by atoms with Crippen LogP contribution in [0.15, 0.2) is 6.20 Å². The molecule has 0 aliphatic carbocycles. The number of rotatable bonds is 2. The lowest BCUT2D eigenvalue weighted by atomic mass is 10.3. The van der Waals surface area contributed by atoms with E-state index in [0.717, 1.165) is 4.62 Å². The molecule has 11 heavy (non-hydrogen) atoms. The van der Waals surface area contributed by atoms with Crippen molar-refractivity contribution in [3.8, 4) is 0 Å². The predicted molar refractivity (Wildman–Crippen MR) is 48.0 cm³/mol. The Morgan fingerprint density at radius 1 is 1.82 bits per heavy atom. The summed E-state index contributed by atoms with van der Waals surface area (Å²) in [5.41, 5.74) is 0. The van der Waals surface area contributed by atoms with Crippen molar-refractivity contribution in [1.29, 1.82) is 0 Å². The summed E-state index contributed by atoms with van der Waals surface area (Å²) < 4.78 is 5.81. The number of methoxy groups -OCH3 is 1. The van der Waals surface area contributed by atoms with Crippen molar-refractivity contribution < 1.29 is 9.84 Å². The maximum absolute atomic E-state index is 9.52. The summed E-state index contributed by atoms with van der Waals surface area (Å²) in [5.74, 6) is -1.25. The number of hydrogen-bond donors (Lipinski definition) is 1. The molecule has 1 aromatic rings. The van der Waals surface area contributed by atoms with Crippen LogP contribution in [0.5, 0.6) is 0 Å². The maximum Gasteiger partial charge on any atom is 0.216 e. The molecule has 0 fully saturated rings. The summed E-state index contributed by atoms with van der Waals surface area (Å²) in [4.78, 5) is 3.98. The molecule has 2 unspecified atom stereocenters. The average Bonchev–Trinajstić information content (AvgIpc) is 2.36. The Morgan fingerprint density at radius 2 is 2.45 bits per heavy atom.